The first-order chi connectivity index (χ1) is 9.13. The van der Waals surface area contributed by atoms with Crippen LogP contribution in [0, 0.1) is 12.7 Å². The third-order valence-corrected chi connectivity index (χ3v) is 2.83. The molecule has 3 N–H and O–H groups in total. The lowest BCUT2D eigenvalue weighted by Crippen LogP contribution is -2.02. The molecule has 0 bridgehead atoms. The van der Waals surface area contributed by atoms with Crippen LogP contribution in [0.25, 0.3) is 5.65 Å². The van der Waals surface area contributed by atoms with Crippen LogP contribution in [0.1, 0.15) is 5.56 Å². The minimum atomic E-state index is -0.270. The molecular formula is C13H12FN5. The Bertz CT molecular complexity index is 750. The number of fused-ring (bicyclic) bond motifs is 1. The van der Waals surface area contributed by atoms with Gasteiger partial charge in [-0.2, -0.15) is 0 Å². The number of hydrogen-bond donors (Lipinski definition) is 2. The van der Waals surface area contributed by atoms with Crippen molar-refractivity contribution < 1.29 is 4.39 Å². The third kappa shape index (κ3) is 2.08. The number of nitrogens with two attached hydrogens (primary N) is 1. The molecule has 0 saturated heterocycles. The van der Waals surface area contributed by atoms with Gasteiger partial charge in [0, 0.05) is 18.1 Å². The first-order valence-electron chi connectivity index (χ1n) is 5.76. The van der Waals surface area contributed by atoms with Crippen molar-refractivity contribution in [1.82, 2.24) is 14.4 Å². The number of halogens is 1. The molecule has 5 nitrogen and oxygen atoms in total. The number of imidazole rings is 1. The molecule has 6 heteroatoms. The highest BCUT2D eigenvalue weighted by Crippen LogP contribution is 2.21. The van der Waals surface area contributed by atoms with E-state index < -0.39 is 0 Å². The van der Waals surface area contributed by atoms with E-state index in [0.29, 0.717) is 28.5 Å². The third-order valence-electron chi connectivity index (χ3n) is 2.83. The molecule has 0 aliphatic heterocycles. The van der Waals surface area contributed by atoms with Crippen molar-refractivity contribution in [2.45, 2.75) is 6.92 Å². The van der Waals surface area contributed by atoms with Gasteiger partial charge in [0.25, 0.3) is 0 Å². The Balaban J connectivity index is 2.04. The van der Waals surface area contributed by atoms with E-state index in [2.05, 4.69) is 15.3 Å². The number of aromatic nitrogens is 3. The molecule has 19 heavy (non-hydrogen) atoms. The van der Waals surface area contributed by atoms with E-state index in [-0.39, 0.29) is 5.82 Å². The molecule has 2 aromatic heterocycles. The summed E-state index contributed by atoms with van der Waals surface area (Å²) in [6.07, 6.45) is 5.09. The Morgan fingerprint density at radius 2 is 2.21 bits per heavy atom. The average molecular weight is 257 g/mol. The largest absolute Gasteiger partial charge is 0.382 e. The predicted molar refractivity (Wildman–Crippen MR) is 71.8 cm³/mol. The molecule has 3 rings (SSSR count). The number of nitrogens with zero attached hydrogens (tertiary/aromatic N) is 3. The van der Waals surface area contributed by atoms with Gasteiger partial charge in [0.15, 0.2) is 11.5 Å². The normalized spacial score (nSPS) is 10.8. The van der Waals surface area contributed by atoms with Crippen LogP contribution in [0.15, 0.2) is 36.8 Å². The van der Waals surface area contributed by atoms with E-state index in [1.54, 1.807) is 42.0 Å². The van der Waals surface area contributed by atoms with E-state index >= 15 is 0 Å². The predicted octanol–water partition coefficient (Wildman–Crippen LogP) is 2.50. The maximum Gasteiger partial charge on any atom is 0.180 e. The number of nitrogens with one attached hydrogen (secondary N) is 1. The van der Waals surface area contributed by atoms with Crippen molar-refractivity contribution >= 4 is 23.0 Å². The molecular weight excluding hydrogens is 245 g/mol. The van der Waals surface area contributed by atoms with Crippen molar-refractivity contribution in [2.75, 3.05) is 11.1 Å². The summed E-state index contributed by atoms with van der Waals surface area (Å²) in [6, 6.07) is 4.90. The molecule has 0 radical (unpaired) electrons. The van der Waals surface area contributed by atoms with Crippen LogP contribution >= 0.6 is 0 Å². The van der Waals surface area contributed by atoms with Crippen molar-refractivity contribution in [2.24, 2.45) is 0 Å². The molecule has 2 heterocycles. The monoisotopic (exact) mass is 257 g/mol. The molecule has 0 amide bonds. The van der Waals surface area contributed by atoms with Gasteiger partial charge in [-0.15, -0.1) is 0 Å². The van der Waals surface area contributed by atoms with Crippen molar-refractivity contribution in [1.29, 1.82) is 0 Å². The van der Waals surface area contributed by atoms with Crippen LogP contribution in [-0.4, -0.2) is 14.4 Å². The van der Waals surface area contributed by atoms with E-state index in [1.807, 2.05) is 0 Å². The highest BCUT2D eigenvalue weighted by molar-refractivity contribution is 5.71. The second kappa shape index (κ2) is 4.24. The molecule has 3 aromatic rings. The number of aryl methyl sites for hydroxylation is 1. The van der Waals surface area contributed by atoms with Crippen molar-refractivity contribution in [3.63, 3.8) is 0 Å². The summed E-state index contributed by atoms with van der Waals surface area (Å²) < 4.78 is 15.3. The molecule has 0 spiro atoms. The number of nitrogen functional groups attached to an aromatic ring is 1. The van der Waals surface area contributed by atoms with E-state index in [9.17, 15) is 4.39 Å². The first kappa shape index (κ1) is 11.5. The molecule has 0 aliphatic rings. The highest BCUT2D eigenvalue weighted by Gasteiger charge is 2.07. The summed E-state index contributed by atoms with van der Waals surface area (Å²) in [5.74, 6) is 0.585. The van der Waals surface area contributed by atoms with Gasteiger partial charge in [-0.05, 0) is 24.6 Å². The Morgan fingerprint density at radius 3 is 3.00 bits per heavy atom. The van der Waals surface area contributed by atoms with Crippen LogP contribution in [0.2, 0.25) is 0 Å². The van der Waals surface area contributed by atoms with Crippen LogP contribution in [0.5, 0.6) is 0 Å². The van der Waals surface area contributed by atoms with Crippen LogP contribution in [0.3, 0.4) is 0 Å². The fourth-order valence-electron chi connectivity index (χ4n) is 1.84. The Labute approximate surface area is 108 Å². The molecule has 0 fully saturated rings. The average Bonchev–Trinajstić information content (AvgIpc) is 2.82. The molecule has 96 valence electrons. The molecule has 1 aromatic carbocycles. The lowest BCUT2D eigenvalue weighted by atomic mass is 10.2. The van der Waals surface area contributed by atoms with E-state index in [1.165, 1.54) is 6.07 Å². The van der Waals surface area contributed by atoms with Gasteiger partial charge in [-0.1, -0.05) is 6.07 Å². The molecule has 0 saturated carbocycles. The SMILES string of the molecule is Cc1ccc(Nc2nc(N)cn3ccnc23)cc1F. The maximum absolute atomic E-state index is 13.5. The maximum atomic E-state index is 13.5. The van der Waals surface area contributed by atoms with Gasteiger partial charge in [0.2, 0.25) is 0 Å². The second-order valence-electron chi connectivity index (χ2n) is 4.26. The highest BCUT2D eigenvalue weighted by atomic mass is 19.1. The Hall–Kier alpha value is -2.63. The molecule has 0 atom stereocenters. The Kier molecular flexibility index (Phi) is 2.56. The van der Waals surface area contributed by atoms with Gasteiger partial charge in [0.05, 0.1) is 6.20 Å². The summed E-state index contributed by atoms with van der Waals surface area (Å²) in [6.45, 7) is 1.71. The van der Waals surface area contributed by atoms with Crippen LogP contribution in [-0.2, 0) is 0 Å². The van der Waals surface area contributed by atoms with E-state index in [4.69, 9.17) is 5.73 Å². The number of benzene rings is 1. The van der Waals surface area contributed by atoms with Gasteiger partial charge >= 0.3 is 0 Å². The second-order valence-corrected chi connectivity index (χ2v) is 4.26. The summed E-state index contributed by atoms with van der Waals surface area (Å²) in [7, 11) is 0. The summed E-state index contributed by atoms with van der Waals surface area (Å²) >= 11 is 0. The topological polar surface area (TPSA) is 68.2 Å². The minimum absolute atomic E-state index is 0.270. The van der Waals surface area contributed by atoms with Crippen LogP contribution < -0.4 is 11.1 Å². The molecule has 0 unspecified atom stereocenters. The lowest BCUT2D eigenvalue weighted by Gasteiger charge is -2.08. The summed E-state index contributed by atoms with van der Waals surface area (Å²) in [5, 5.41) is 3.03. The fourth-order valence-corrected chi connectivity index (χ4v) is 1.84. The standard InChI is InChI=1S/C13H12FN5/c1-8-2-3-9(6-10(8)14)17-12-13-16-4-5-19(13)7-11(15)18-12/h2-7H,15H2,1H3,(H,17,18). The van der Waals surface area contributed by atoms with Crippen molar-refractivity contribution in [3.8, 4) is 0 Å². The van der Waals surface area contributed by atoms with Gasteiger partial charge in [-0.25, -0.2) is 14.4 Å². The van der Waals surface area contributed by atoms with Crippen molar-refractivity contribution in [3.05, 3.63) is 48.2 Å². The van der Waals surface area contributed by atoms with Gasteiger partial charge in [0.1, 0.15) is 11.6 Å². The Morgan fingerprint density at radius 1 is 1.37 bits per heavy atom. The summed E-state index contributed by atoms with van der Waals surface area (Å²) in [5.41, 5.74) is 7.55. The molecule has 0 aliphatic carbocycles. The zero-order valence-electron chi connectivity index (χ0n) is 10.3. The van der Waals surface area contributed by atoms with Gasteiger partial charge < -0.3 is 15.5 Å². The minimum Gasteiger partial charge on any atom is -0.382 e. The summed E-state index contributed by atoms with van der Waals surface area (Å²) in [4.78, 5) is 8.37. The first-order valence-corrected chi connectivity index (χ1v) is 5.76. The number of anilines is 3. The van der Waals surface area contributed by atoms with E-state index in [0.717, 1.165) is 0 Å². The van der Waals surface area contributed by atoms with Gasteiger partial charge in [-0.3, -0.25) is 0 Å². The smallest absolute Gasteiger partial charge is 0.180 e. The quantitative estimate of drug-likeness (QED) is 0.740. The number of hydrogen-bond acceptors (Lipinski definition) is 4. The zero-order valence-corrected chi connectivity index (χ0v) is 10.3. The fraction of sp³-hybridized carbons (Fsp3) is 0.0769. The lowest BCUT2D eigenvalue weighted by molar-refractivity contribution is 0.619. The van der Waals surface area contributed by atoms with Crippen LogP contribution in [0.4, 0.5) is 21.7 Å². The zero-order chi connectivity index (χ0) is 13.4. The number of rotatable bonds is 2.